The zero-order valence-electron chi connectivity index (χ0n) is 13.6. The van der Waals surface area contributed by atoms with Crippen LogP contribution in [0.4, 0.5) is 5.69 Å². The number of nitrogens with two attached hydrogens (primary N) is 1. The molecule has 3 rings (SSSR count). The Morgan fingerprint density at radius 1 is 0.464 bits per heavy atom. The lowest BCUT2D eigenvalue weighted by Gasteiger charge is -2.25. The van der Waals surface area contributed by atoms with Gasteiger partial charge in [-0.1, -0.05) is 92.8 Å². The Labute approximate surface area is 202 Å². The molecule has 1 nitrogen and oxygen atoms in total. The fraction of sp³-hybridized carbons (Fsp3) is 0. The van der Waals surface area contributed by atoms with Gasteiger partial charge in [-0.2, -0.15) is 0 Å². The maximum absolute atomic E-state index is 6.49. The van der Waals surface area contributed by atoms with Gasteiger partial charge in [0.2, 0.25) is 0 Å². The van der Waals surface area contributed by atoms with Crippen LogP contribution in [0.25, 0.3) is 0 Å². The monoisotopic (exact) mass is 530 g/mol. The molecule has 0 saturated heterocycles. The van der Waals surface area contributed by atoms with Gasteiger partial charge in [-0.3, -0.25) is 0 Å². The van der Waals surface area contributed by atoms with Crippen molar-refractivity contribution < 1.29 is 0 Å². The molecule has 3 aromatic carbocycles. The van der Waals surface area contributed by atoms with Crippen LogP contribution in [0.2, 0.25) is 40.2 Å². The number of anilines is 1. The van der Waals surface area contributed by atoms with E-state index in [9.17, 15) is 0 Å². The third kappa shape index (κ3) is 4.43. The highest BCUT2D eigenvalue weighted by Crippen LogP contribution is 2.49. The summed E-state index contributed by atoms with van der Waals surface area (Å²) in [7, 11) is 0. The highest BCUT2D eigenvalue weighted by Gasteiger charge is 2.31. The van der Waals surface area contributed by atoms with Gasteiger partial charge in [0, 0.05) is 62.6 Å². The number of hydrogen-bond donors (Lipinski definition) is 1. The third-order valence-electron chi connectivity index (χ3n) is 3.83. The normalized spacial score (nSPS) is 11.3. The van der Waals surface area contributed by atoms with Gasteiger partial charge in [-0.25, -0.2) is 0 Å². The van der Waals surface area contributed by atoms with Crippen LogP contribution in [-0.4, -0.2) is 0 Å². The first kappa shape index (κ1) is 22.5. The molecule has 0 heterocycles. The van der Waals surface area contributed by atoms with Crippen LogP contribution < -0.4 is 5.73 Å². The molecule has 145 valence electrons. The molecule has 0 aliphatic heterocycles. The Bertz CT molecular complexity index is 874. The number of rotatable bonds is 3. The van der Waals surface area contributed by atoms with E-state index >= 15 is 0 Å². The zero-order valence-corrected chi connectivity index (χ0v) is 19.6. The molecule has 0 aliphatic carbocycles. The van der Waals surface area contributed by atoms with E-state index in [0.29, 0.717) is 38.3 Å². The van der Waals surface area contributed by atoms with E-state index in [1.807, 2.05) is 0 Å². The van der Waals surface area contributed by atoms with Gasteiger partial charge in [0.15, 0.2) is 0 Å². The summed E-state index contributed by atoms with van der Waals surface area (Å²) in [5, 5.41) is 2.31. The minimum absolute atomic E-state index is 0.263. The molecule has 0 aliphatic rings. The first-order valence-electron chi connectivity index (χ1n) is 7.51. The number of nitrogen functional groups attached to an aromatic ring is 1. The van der Waals surface area contributed by atoms with E-state index in [4.69, 9.17) is 98.5 Å². The fourth-order valence-electron chi connectivity index (χ4n) is 2.77. The van der Waals surface area contributed by atoms with E-state index in [1.165, 1.54) is 0 Å². The maximum Gasteiger partial charge on any atom is 0.0720 e. The van der Waals surface area contributed by atoms with E-state index < -0.39 is 0 Å². The second-order valence-corrected chi connectivity index (χ2v) is 9.04. The van der Waals surface area contributed by atoms with E-state index in [2.05, 4.69) is 0 Å². The smallest absolute Gasteiger partial charge is 0.0720 e. The summed E-state index contributed by atoms with van der Waals surface area (Å²) in [6, 6.07) is 9.28. The highest BCUT2D eigenvalue weighted by atomic mass is 35.5. The van der Waals surface area contributed by atoms with E-state index in [0.717, 1.165) is 0 Å². The Hall–Kier alpha value is -0.220. The van der Waals surface area contributed by atoms with E-state index in [1.54, 1.807) is 36.4 Å². The topological polar surface area (TPSA) is 26.0 Å². The van der Waals surface area contributed by atoms with Crippen LogP contribution in [-0.2, 0) is 0 Å². The van der Waals surface area contributed by atoms with Gasteiger partial charge in [0.05, 0.1) is 5.92 Å². The molecule has 2 N–H and O–H groups in total. The lowest BCUT2D eigenvalue weighted by atomic mass is 9.84. The molecule has 0 aromatic heterocycles. The number of hydrogen-bond acceptors (Lipinski definition) is 1. The largest absolute Gasteiger partial charge is 0.399 e. The number of benzene rings is 3. The summed E-state index contributed by atoms with van der Waals surface area (Å²) in [5.41, 5.74) is 7.47. The quantitative estimate of drug-likeness (QED) is 0.263. The predicted octanol–water partition coefficient (Wildman–Crippen LogP) is 9.52. The van der Waals surface area contributed by atoms with Gasteiger partial charge in [0.25, 0.3) is 0 Å². The van der Waals surface area contributed by atoms with Gasteiger partial charge in [-0.15, -0.1) is 0 Å². The minimum Gasteiger partial charge on any atom is -0.399 e. The highest BCUT2D eigenvalue weighted by molar-refractivity contribution is 6.43. The van der Waals surface area contributed by atoms with Crippen LogP contribution in [0.3, 0.4) is 0 Å². The Morgan fingerprint density at radius 2 is 0.714 bits per heavy atom. The van der Waals surface area contributed by atoms with Gasteiger partial charge < -0.3 is 5.73 Å². The maximum atomic E-state index is 6.49. The molecule has 1 radical (unpaired) electrons. The second kappa shape index (κ2) is 8.88. The van der Waals surface area contributed by atoms with Crippen LogP contribution in [0.15, 0.2) is 36.4 Å². The molecule has 28 heavy (non-hydrogen) atoms. The van der Waals surface area contributed by atoms with Crippen molar-refractivity contribution in [3.63, 3.8) is 0 Å². The summed E-state index contributed by atoms with van der Waals surface area (Å²) in [5.74, 6) is 0.424. The Kier molecular flexibility index (Phi) is 7.12. The molecule has 0 atom stereocenters. The average molecular weight is 534 g/mol. The molecule has 0 unspecified atom stereocenters. The summed E-state index contributed by atoms with van der Waals surface area (Å²) in [4.78, 5) is 0. The predicted molar refractivity (Wildman–Crippen MR) is 124 cm³/mol. The van der Waals surface area contributed by atoms with Crippen molar-refractivity contribution in [2.45, 2.75) is 0 Å². The van der Waals surface area contributed by atoms with Crippen LogP contribution in [0.1, 0.15) is 16.7 Å². The van der Waals surface area contributed by atoms with Gasteiger partial charge in [0.1, 0.15) is 0 Å². The molecule has 0 fully saturated rings. The summed E-state index contributed by atoms with van der Waals surface area (Å²) >= 11 is 51.1. The molecule has 0 spiro atoms. The van der Waals surface area contributed by atoms with Crippen LogP contribution in [0, 0.1) is 5.92 Å². The minimum atomic E-state index is 0.263. The van der Waals surface area contributed by atoms with Crippen molar-refractivity contribution in [2.75, 3.05) is 5.73 Å². The molecule has 0 bridgehead atoms. The SMILES string of the molecule is Nc1cc(Cl)c([C](c2c(Cl)cc(Cl)cc2Cl)c2c(Cl)cc(Cl)cc2Cl)c(Cl)c1. The number of halogens is 8. The molecule has 9 heteroatoms. The average Bonchev–Trinajstić information content (AvgIpc) is 2.51. The second-order valence-electron chi connectivity index (χ2n) is 5.72. The Balaban J connectivity index is 2.45. The first-order valence-corrected chi connectivity index (χ1v) is 10.5. The summed E-state index contributed by atoms with van der Waals surface area (Å²) < 4.78 is 0. The van der Waals surface area contributed by atoms with Crippen molar-refractivity contribution in [3.05, 3.63) is 99.2 Å². The molecular weight excluding hydrogens is 526 g/mol. The molecule has 0 amide bonds. The fourth-order valence-corrected chi connectivity index (χ4v) is 5.47. The van der Waals surface area contributed by atoms with Gasteiger partial charge in [-0.05, 0) is 36.4 Å². The van der Waals surface area contributed by atoms with Crippen molar-refractivity contribution >= 4 is 98.5 Å². The third-order valence-corrected chi connectivity index (χ3v) is 6.05. The zero-order chi connectivity index (χ0) is 20.7. The van der Waals surface area contributed by atoms with Crippen molar-refractivity contribution in [1.29, 1.82) is 0 Å². The standard InChI is InChI=1S/C19H8Cl8N/c20-7-1-10(22)16(11(23)2-7)19(17-12(24)3-8(21)4-13(17)25)18-14(26)5-9(28)6-15(18)27/h1-6H,28H2. The van der Waals surface area contributed by atoms with Crippen molar-refractivity contribution in [2.24, 2.45) is 0 Å². The van der Waals surface area contributed by atoms with Crippen LogP contribution in [0.5, 0.6) is 0 Å². The van der Waals surface area contributed by atoms with Crippen LogP contribution >= 0.6 is 92.8 Å². The van der Waals surface area contributed by atoms with Crippen molar-refractivity contribution in [3.8, 4) is 0 Å². The molecule has 3 aromatic rings. The lowest BCUT2D eigenvalue weighted by Crippen LogP contribution is -2.10. The first-order chi connectivity index (χ1) is 13.1. The molecule has 0 saturated carbocycles. The van der Waals surface area contributed by atoms with Crippen molar-refractivity contribution in [1.82, 2.24) is 0 Å². The summed E-state index contributed by atoms with van der Waals surface area (Å²) in [6.45, 7) is 0. The molecular formula is C19H8Cl8N. The van der Waals surface area contributed by atoms with Gasteiger partial charge >= 0.3 is 0 Å². The Morgan fingerprint density at radius 3 is 1.00 bits per heavy atom. The lowest BCUT2D eigenvalue weighted by molar-refractivity contribution is 1.23. The van der Waals surface area contributed by atoms with E-state index in [-0.39, 0.29) is 30.1 Å². The summed E-state index contributed by atoms with van der Waals surface area (Å²) in [6.07, 6.45) is 0.